The molecule has 1 heterocycles. The molecule has 0 spiro atoms. The SMILES string of the molecule is Cn1cc2c(n1)CCC/C2=N\OCc1ccccc1. The molecule has 19 heavy (non-hydrogen) atoms. The number of hydrogen-bond donors (Lipinski definition) is 0. The lowest BCUT2D eigenvalue weighted by molar-refractivity contribution is 0.130. The highest BCUT2D eigenvalue weighted by molar-refractivity contribution is 6.01. The zero-order valence-corrected chi connectivity index (χ0v) is 11.0. The predicted molar refractivity (Wildman–Crippen MR) is 73.9 cm³/mol. The first-order valence-corrected chi connectivity index (χ1v) is 6.58. The van der Waals surface area contributed by atoms with Crippen LogP contribution in [0.25, 0.3) is 0 Å². The monoisotopic (exact) mass is 255 g/mol. The fourth-order valence-electron chi connectivity index (χ4n) is 2.37. The third-order valence-corrected chi connectivity index (χ3v) is 3.29. The first-order valence-electron chi connectivity index (χ1n) is 6.58. The summed E-state index contributed by atoms with van der Waals surface area (Å²) in [4.78, 5) is 5.48. The van der Waals surface area contributed by atoms with Crippen LogP contribution >= 0.6 is 0 Å². The highest BCUT2D eigenvalue weighted by Crippen LogP contribution is 2.20. The van der Waals surface area contributed by atoms with Crippen LogP contribution in [-0.2, 0) is 24.9 Å². The van der Waals surface area contributed by atoms with E-state index in [1.807, 2.05) is 48.3 Å². The van der Waals surface area contributed by atoms with Crippen LogP contribution in [0.5, 0.6) is 0 Å². The van der Waals surface area contributed by atoms with Crippen molar-refractivity contribution in [2.45, 2.75) is 25.9 Å². The fraction of sp³-hybridized carbons (Fsp3) is 0.333. The van der Waals surface area contributed by atoms with E-state index in [1.54, 1.807) is 0 Å². The van der Waals surface area contributed by atoms with Gasteiger partial charge in [0.05, 0.1) is 11.4 Å². The van der Waals surface area contributed by atoms with Gasteiger partial charge < -0.3 is 4.84 Å². The Morgan fingerprint density at radius 2 is 2.11 bits per heavy atom. The van der Waals surface area contributed by atoms with E-state index in [0.717, 1.165) is 41.8 Å². The smallest absolute Gasteiger partial charge is 0.142 e. The van der Waals surface area contributed by atoms with Gasteiger partial charge in [0.15, 0.2) is 0 Å². The number of aryl methyl sites for hydroxylation is 2. The van der Waals surface area contributed by atoms with Gasteiger partial charge in [-0.25, -0.2) is 0 Å². The minimum Gasteiger partial charge on any atom is -0.391 e. The lowest BCUT2D eigenvalue weighted by Crippen LogP contribution is -2.11. The van der Waals surface area contributed by atoms with E-state index >= 15 is 0 Å². The van der Waals surface area contributed by atoms with Crippen molar-refractivity contribution in [1.29, 1.82) is 0 Å². The van der Waals surface area contributed by atoms with Crippen molar-refractivity contribution in [2.75, 3.05) is 0 Å². The number of benzene rings is 1. The van der Waals surface area contributed by atoms with Gasteiger partial charge in [-0.15, -0.1) is 0 Å². The number of nitrogens with zero attached hydrogens (tertiary/aromatic N) is 3. The van der Waals surface area contributed by atoms with Gasteiger partial charge in [0, 0.05) is 18.8 Å². The van der Waals surface area contributed by atoms with Gasteiger partial charge in [-0.2, -0.15) is 5.10 Å². The number of oxime groups is 1. The molecular weight excluding hydrogens is 238 g/mol. The minimum absolute atomic E-state index is 0.514. The molecule has 0 atom stereocenters. The molecule has 0 saturated heterocycles. The maximum absolute atomic E-state index is 5.48. The zero-order valence-electron chi connectivity index (χ0n) is 11.0. The second-order valence-electron chi connectivity index (χ2n) is 4.81. The van der Waals surface area contributed by atoms with Gasteiger partial charge in [-0.1, -0.05) is 35.5 Å². The summed E-state index contributed by atoms with van der Waals surface area (Å²) in [5.41, 5.74) is 4.43. The van der Waals surface area contributed by atoms with Crippen LogP contribution in [0.15, 0.2) is 41.7 Å². The van der Waals surface area contributed by atoms with Crippen molar-refractivity contribution in [3.63, 3.8) is 0 Å². The molecule has 0 amide bonds. The molecule has 4 heteroatoms. The molecule has 0 unspecified atom stereocenters. The summed E-state index contributed by atoms with van der Waals surface area (Å²) in [6.45, 7) is 0.514. The first kappa shape index (κ1) is 12.0. The molecule has 1 aromatic heterocycles. The average molecular weight is 255 g/mol. The zero-order chi connectivity index (χ0) is 13.1. The van der Waals surface area contributed by atoms with Crippen LogP contribution < -0.4 is 0 Å². The Balaban J connectivity index is 1.71. The van der Waals surface area contributed by atoms with Crippen LogP contribution in [0.1, 0.15) is 29.7 Å². The van der Waals surface area contributed by atoms with Crippen molar-refractivity contribution in [1.82, 2.24) is 9.78 Å². The van der Waals surface area contributed by atoms with E-state index in [4.69, 9.17) is 4.84 Å². The fourth-order valence-corrected chi connectivity index (χ4v) is 2.37. The summed E-state index contributed by atoms with van der Waals surface area (Å²) in [5.74, 6) is 0. The van der Waals surface area contributed by atoms with Crippen LogP contribution in [0.4, 0.5) is 0 Å². The molecule has 0 bridgehead atoms. The highest BCUT2D eigenvalue weighted by Gasteiger charge is 2.19. The third kappa shape index (κ3) is 2.67. The molecule has 0 aliphatic heterocycles. The number of fused-ring (bicyclic) bond motifs is 1. The number of rotatable bonds is 3. The standard InChI is InChI=1S/C15H17N3O/c1-18-10-13-14(16-18)8-5-9-15(13)17-19-11-12-6-3-2-4-7-12/h2-4,6-7,10H,5,8-9,11H2,1H3/b17-15+. The molecular formula is C15H17N3O. The molecule has 98 valence electrons. The van der Waals surface area contributed by atoms with E-state index in [-0.39, 0.29) is 0 Å². The van der Waals surface area contributed by atoms with Crippen LogP contribution in [-0.4, -0.2) is 15.5 Å². The topological polar surface area (TPSA) is 39.4 Å². The summed E-state index contributed by atoms with van der Waals surface area (Å²) in [7, 11) is 1.95. The van der Waals surface area contributed by atoms with E-state index in [0.29, 0.717) is 6.61 Å². The Morgan fingerprint density at radius 1 is 1.26 bits per heavy atom. The Morgan fingerprint density at radius 3 is 2.95 bits per heavy atom. The average Bonchev–Trinajstić information content (AvgIpc) is 2.81. The summed E-state index contributed by atoms with van der Waals surface area (Å²) >= 11 is 0. The van der Waals surface area contributed by atoms with E-state index < -0.39 is 0 Å². The van der Waals surface area contributed by atoms with Crippen molar-refractivity contribution in [2.24, 2.45) is 12.2 Å². The van der Waals surface area contributed by atoms with Crippen molar-refractivity contribution in [3.05, 3.63) is 53.3 Å². The van der Waals surface area contributed by atoms with Crippen molar-refractivity contribution < 1.29 is 4.84 Å². The number of aromatic nitrogens is 2. The lowest BCUT2D eigenvalue weighted by atomic mass is 9.96. The third-order valence-electron chi connectivity index (χ3n) is 3.29. The molecule has 2 aromatic rings. The van der Waals surface area contributed by atoms with E-state index in [9.17, 15) is 0 Å². The molecule has 0 radical (unpaired) electrons. The van der Waals surface area contributed by atoms with Gasteiger partial charge in [0.2, 0.25) is 0 Å². The van der Waals surface area contributed by atoms with E-state index in [1.165, 1.54) is 0 Å². The highest BCUT2D eigenvalue weighted by atomic mass is 16.6. The minimum atomic E-state index is 0.514. The summed E-state index contributed by atoms with van der Waals surface area (Å²) < 4.78 is 1.85. The van der Waals surface area contributed by atoms with Gasteiger partial charge >= 0.3 is 0 Å². The summed E-state index contributed by atoms with van der Waals surface area (Å²) in [6, 6.07) is 10.1. The maximum Gasteiger partial charge on any atom is 0.142 e. The lowest BCUT2D eigenvalue weighted by Gasteiger charge is -2.11. The second kappa shape index (κ2) is 5.26. The molecule has 0 N–H and O–H groups in total. The Bertz CT molecular complexity index is 587. The molecule has 0 fully saturated rings. The van der Waals surface area contributed by atoms with Crippen molar-refractivity contribution >= 4 is 5.71 Å². The molecule has 4 nitrogen and oxygen atoms in total. The van der Waals surface area contributed by atoms with E-state index in [2.05, 4.69) is 10.3 Å². The summed E-state index contributed by atoms with van der Waals surface area (Å²) in [5, 5.41) is 8.74. The molecule has 1 aliphatic carbocycles. The normalized spacial score (nSPS) is 16.4. The van der Waals surface area contributed by atoms with Crippen molar-refractivity contribution in [3.8, 4) is 0 Å². The van der Waals surface area contributed by atoms with Gasteiger partial charge in [-0.05, 0) is 24.8 Å². The molecule has 3 rings (SSSR count). The second-order valence-corrected chi connectivity index (χ2v) is 4.81. The van der Waals surface area contributed by atoms with Crippen LogP contribution in [0.3, 0.4) is 0 Å². The predicted octanol–water partition coefficient (Wildman–Crippen LogP) is 2.68. The first-order chi connectivity index (χ1) is 9.33. The molecule has 1 aliphatic rings. The maximum atomic E-state index is 5.48. The Kier molecular flexibility index (Phi) is 3.31. The largest absolute Gasteiger partial charge is 0.391 e. The molecule has 0 saturated carbocycles. The quantitative estimate of drug-likeness (QED) is 0.791. The van der Waals surface area contributed by atoms with Gasteiger partial charge in [-0.3, -0.25) is 4.68 Å². The Labute approximate surface area is 112 Å². The number of hydrogen-bond acceptors (Lipinski definition) is 3. The van der Waals surface area contributed by atoms with Crippen LogP contribution in [0.2, 0.25) is 0 Å². The van der Waals surface area contributed by atoms with Gasteiger partial charge in [0.1, 0.15) is 6.61 Å². The Hall–Kier alpha value is -2.10. The van der Waals surface area contributed by atoms with Gasteiger partial charge in [0.25, 0.3) is 0 Å². The molecule has 1 aromatic carbocycles. The summed E-state index contributed by atoms with van der Waals surface area (Å²) in [6.07, 6.45) is 5.12. The van der Waals surface area contributed by atoms with Crippen LogP contribution in [0, 0.1) is 0 Å².